The van der Waals surface area contributed by atoms with Crippen LogP contribution < -0.4 is 10.1 Å². The Bertz CT molecular complexity index is 658. The minimum absolute atomic E-state index is 0.0364. The fraction of sp³-hybridized carbons (Fsp3) is 0.611. The van der Waals surface area contributed by atoms with Crippen LogP contribution in [0.4, 0.5) is 0 Å². The molecule has 0 spiro atoms. The highest BCUT2D eigenvalue weighted by Crippen LogP contribution is 2.25. The first kappa shape index (κ1) is 19.7. The largest absolute Gasteiger partial charge is 0.497 e. The molecule has 1 amide bonds. The van der Waals surface area contributed by atoms with E-state index in [1.807, 2.05) is 0 Å². The van der Waals surface area contributed by atoms with Crippen molar-refractivity contribution in [3.05, 3.63) is 24.3 Å². The lowest BCUT2D eigenvalue weighted by atomic mass is 9.99. The van der Waals surface area contributed by atoms with E-state index in [2.05, 4.69) is 12.2 Å². The molecule has 1 heterocycles. The third kappa shape index (κ3) is 5.19. The van der Waals surface area contributed by atoms with Crippen LogP contribution in [0.15, 0.2) is 29.2 Å². The van der Waals surface area contributed by atoms with Gasteiger partial charge in [0.15, 0.2) is 0 Å². The highest BCUT2D eigenvalue weighted by atomic mass is 32.2. The summed E-state index contributed by atoms with van der Waals surface area (Å²) in [6.07, 6.45) is 4.58. The van der Waals surface area contributed by atoms with Crippen molar-refractivity contribution in [3.8, 4) is 5.75 Å². The van der Waals surface area contributed by atoms with Gasteiger partial charge in [-0.25, -0.2) is 8.42 Å². The van der Waals surface area contributed by atoms with Crippen LogP contribution in [0.2, 0.25) is 0 Å². The maximum Gasteiger partial charge on any atom is 0.243 e. The number of piperidine rings is 1. The van der Waals surface area contributed by atoms with Gasteiger partial charge in [-0.1, -0.05) is 19.8 Å². The van der Waals surface area contributed by atoms with E-state index in [0.29, 0.717) is 25.3 Å². The number of ether oxygens (including phenoxy) is 1. The average molecular weight is 368 g/mol. The monoisotopic (exact) mass is 368 g/mol. The summed E-state index contributed by atoms with van der Waals surface area (Å²) in [6.45, 7) is 3.47. The standard InChI is InChI=1S/C18H28N2O4S/c1-3-4-5-12-19-18(21)15-7-6-13-20(14-15)25(22,23)17-10-8-16(24-2)9-11-17/h8-11,15H,3-7,12-14H2,1-2H3,(H,19,21)/t15-/m1/s1. The summed E-state index contributed by atoms with van der Waals surface area (Å²) in [6, 6.07) is 6.36. The van der Waals surface area contributed by atoms with Gasteiger partial charge >= 0.3 is 0 Å². The molecular formula is C18H28N2O4S. The minimum atomic E-state index is -3.58. The number of amides is 1. The van der Waals surface area contributed by atoms with Crippen molar-refractivity contribution in [1.82, 2.24) is 9.62 Å². The SMILES string of the molecule is CCCCCNC(=O)[C@@H]1CCCN(S(=O)(=O)c2ccc(OC)cc2)C1. The number of carbonyl (C=O) groups excluding carboxylic acids is 1. The number of hydrogen-bond acceptors (Lipinski definition) is 4. The Labute approximate surface area is 150 Å². The molecule has 25 heavy (non-hydrogen) atoms. The number of unbranched alkanes of at least 4 members (excludes halogenated alkanes) is 2. The molecule has 1 fully saturated rings. The Hall–Kier alpha value is -1.60. The Kier molecular flexibility index (Phi) is 7.25. The number of nitrogens with one attached hydrogen (secondary N) is 1. The maximum absolute atomic E-state index is 12.8. The van der Waals surface area contributed by atoms with Crippen LogP contribution in [0, 0.1) is 5.92 Å². The van der Waals surface area contributed by atoms with Crippen LogP contribution in [0.3, 0.4) is 0 Å². The van der Waals surface area contributed by atoms with E-state index in [-0.39, 0.29) is 23.3 Å². The van der Waals surface area contributed by atoms with E-state index in [4.69, 9.17) is 4.74 Å². The summed E-state index contributed by atoms with van der Waals surface area (Å²) < 4.78 is 32.1. The summed E-state index contributed by atoms with van der Waals surface area (Å²) in [5, 5.41) is 2.94. The maximum atomic E-state index is 12.8. The molecule has 0 aliphatic carbocycles. The van der Waals surface area contributed by atoms with Crippen molar-refractivity contribution in [2.45, 2.75) is 43.9 Å². The first-order chi connectivity index (χ1) is 12.0. The smallest absolute Gasteiger partial charge is 0.243 e. The molecule has 0 bridgehead atoms. The van der Waals surface area contributed by atoms with Gasteiger partial charge < -0.3 is 10.1 Å². The van der Waals surface area contributed by atoms with Crippen molar-refractivity contribution in [3.63, 3.8) is 0 Å². The second-order valence-corrected chi connectivity index (χ2v) is 8.31. The van der Waals surface area contributed by atoms with Gasteiger partial charge in [0.05, 0.1) is 17.9 Å². The van der Waals surface area contributed by atoms with Gasteiger partial charge in [0.1, 0.15) is 5.75 Å². The fourth-order valence-electron chi connectivity index (χ4n) is 3.00. The van der Waals surface area contributed by atoms with Gasteiger partial charge in [-0.15, -0.1) is 0 Å². The lowest BCUT2D eigenvalue weighted by Crippen LogP contribution is -2.45. The average Bonchev–Trinajstić information content (AvgIpc) is 2.65. The Morgan fingerprint density at radius 3 is 2.64 bits per heavy atom. The van der Waals surface area contributed by atoms with Gasteiger partial charge in [0.25, 0.3) is 0 Å². The first-order valence-electron chi connectivity index (χ1n) is 8.91. The van der Waals surface area contributed by atoms with Crippen molar-refractivity contribution in [1.29, 1.82) is 0 Å². The number of nitrogens with zero attached hydrogens (tertiary/aromatic N) is 1. The number of sulfonamides is 1. The Morgan fingerprint density at radius 1 is 1.28 bits per heavy atom. The van der Waals surface area contributed by atoms with E-state index in [9.17, 15) is 13.2 Å². The van der Waals surface area contributed by atoms with Gasteiger partial charge in [-0.3, -0.25) is 4.79 Å². The lowest BCUT2D eigenvalue weighted by Gasteiger charge is -2.31. The first-order valence-corrected chi connectivity index (χ1v) is 10.3. The molecule has 1 aromatic rings. The van der Waals surface area contributed by atoms with Crippen molar-refractivity contribution in [2.75, 3.05) is 26.7 Å². The molecule has 1 N–H and O–H groups in total. The van der Waals surface area contributed by atoms with Crippen LogP contribution in [0.25, 0.3) is 0 Å². The number of benzene rings is 1. The van der Waals surface area contributed by atoms with E-state index in [0.717, 1.165) is 25.7 Å². The predicted octanol–water partition coefficient (Wildman–Crippen LogP) is 2.40. The predicted molar refractivity (Wildman–Crippen MR) is 97.0 cm³/mol. The molecule has 1 saturated heterocycles. The molecule has 7 heteroatoms. The van der Waals surface area contributed by atoms with Crippen LogP contribution in [0.1, 0.15) is 39.0 Å². The quantitative estimate of drug-likeness (QED) is 0.715. The highest BCUT2D eigenvalue weighted by Gasteiger charge is 2.33. The van der Waals surface area contributed by atoms with Crippen LogP contribution in [0.5, 0.6) is 5.75 Å². The molecule has 140 valence electrons. The topological polar surface area (TPSA) is 75.7 Å². The van der Waals surface area contributed by atoms with Crippen LogP contribution >= 0.6 is 0 Å². The normalized spacial score (nSPS) is 18.7. The molecule has 1 aliphatic rings. The van der Waals surface area contributed by atoms with Gasteiger partial charge in [-0.2, -0.15) is 4.31 Å². The second-order valence-electron chi connectivity index (χ2n) is 6.38. The summed E-state index contributed by atoms with van der Waals surface area (Å²) >= 11 is 0. The van der Waals surface area contributed by atoms with Crippen molar-refractivity contribution < 1.29 is 17.9 Å². The summed E-state index contributed by atoms with van der Waals surface area (Å²) in [5.74, 6) is 0.302. The highest BCUT2D eigenvalue weighted by molar-refractivity contribution is 7.89. The van der Waals surface area contributed by atoms with E-state index in [1.54, 1.807) is 24.3 Å². The summed E-state index contributed by atoms with van der Waals surface area (Å²) in [5.41, 5.74) is 0. The Balaban J connectivity index is 2.00. The molecule has 1 aromatic carbocycles. The minimum Gasteiger partial charge on any atom is -0.497 e. The molecular weight excluding hydrogens is 340 g/mol. The zero-order valence-electron chi connectivity index (χ0n) is 15.0. The molecule has 0 radical (unpaired) electrons. The third-order valence-electron chi connectivity index (χ3n) is 4.53. The molecule has 2 rings (SSSR count). The molecule has 0 aromatic heterocycles. The van der Waals surface area contributed by atoms with E-state index >= 15 is 0 Å². The molecule has 1 atom stereocenters. The van der Waals surface area contributed by atoms with E-state index < -0.39 is 10.0 Å². The number of methoxy groups -OCH3 is 1. The number of carbonyl (C=O) groups is 1. The fourth-order valence-corrected chi connectivity index (χ4v) is 4.53. The Morgan fingerprint density at radius 2 is 2.00 bits per heavy atom. The van der Waals surface area contributed by atoms with Gasteiger partial charge in [-0.05, 0) is 43.5 Å². The molecule has 1 aliphatic heterocycles. The second kappa shape index (κ2) is 9.20. The zero-order chi connectivity index (χ0) is 18.3. The zero-order valence-corrected chi connectivity index (χ0v) is 15.8. The molecule has 6 nitrogen and oxygen atoms in total. The number of rotatable bonds is 8. The van der Waals surface area contributed by atoms with Crippen molar-refractivity contribution >= 4 is 15.9 Å². The summed E-state index contributed by atoms with van der Waals surface area (Å²) in [4.78, 5) is 12.5. The van der Waals surface area contributed by atoms with Crippen LogP contribution in [-0.2, 0) is 14.8 Å². The van der Waals surface area contributed by atoms with E-state index in [1.165, 1.54) is 11.4 Å². The molecule has 0 unspecified atom stereocenters. The lowest BCUT2D eigenvalue weighted by molar-refractivity contribution is -0.126. The van der Waals surface area contributed by atoms with Crippen molar-refractivity contribution in [2.24, 2.45) is 5.92 Å². The van der Waals surface area contributed by atoms with Gasteiger partial charge in [0, 0.05) is 19.6 Å². The molecule has 0 saturated carbocycles. The number of hydrogen-bond donors (Lipinski definition) is 1. The van der Waals surface area contributed by atoms with Crippen LogP contribution in [-0.4, -0.2) is 45.4 Å². The summed E-state index contributed by atoms with van der Waals surface area (Å²) in [7, 11) is -2.05. The van der Waals surface area contributed by atoms with Gasteiger partial charge in [0.2, 0.25) is 15.9 Å². The third-order valence-corrected chi connectivity index (χ3v) is 6.41.